The Morgan fingerprint density at radius 1 is 0.493 bits per heavy atom. The van der Waals surface area contributed by atoms with E-state index in [1.165, 1.54) is 99.5 Å². The molecule has 0 bridgehead atoms. The van der Waals surface area contributed by atoms with Gasteiger partial charge in [0.25, 0.3) is 0 Å². The van der Waals surface area contributed by atoms with Crippen molar-refractivity contribution in [3.8, 4) is 39.3 Å². The van der Waals surface area contributed by atoms with Gasteiger partial charge in [0.2, 0.25) is 0 Å². The third-order valence-corrected chi connectivity index (χ3v) is 19.0. The molecule has 5 heteroatoms. The first-order valence-corrected chi connectivity index (χ1v) is 27.6. The van der Waals surface area contributed by atoms with Crippen molar-refractivity contribution in [3.63, 3.8) is 0 Å². The lowest BCUT2D eigenvalue weighted by atomic mass is 9.43. The standard InChI is InChI=1S/C70H65BN2O2/c1-66(2,3)42-26-28-43(29-27-42)73-54-38-51-49(68(6,7)31-33-70(51,10)11)35-46(54)59-60-44-24-18-19-25-56(44)74-65(60)61-45-34-48-50(69(8,9)32-30-67(48,4)5)37-53(45)72-55-36-47-57(39-52(55)71(73)62(59)63(61)72)75-64(41-22-16-13-17-23-41)58(47)40-20-14-12-15-21-40/h12-29,34-39H,30-33H2,1-11H3. The van der Waals surface area contributed by atoms with Gasteiger partial charge in [-0.05, 0) is 157 Å². The van der Waals surface area contributed by atoms with E-state index in [-0.39, 0.29) is 33.9 Å². The second kappa shape index (κ2) is 14.8. The number of hydrogen-bond donors (Lipinski definition) is 0. The summed E-state index contributed by atoms with van der Waals surface area (Å²) in [5.74, 6) is 0.891. The highest BCUT2D eigenvalue weighted by Gasteiger charge is 2.49. The van der Waals surface area contributed by atoms with Crippen LogP contribution in [0.25, 0.3) is 94.0 Å². The fourth-order valence-electron chi connectivity index (χ4n) is 14.6. The lowest BCUT2D eigenvalue weighted by Crippen LogP contribution is -2.60. The Morgan fingerprint density at radius 3 is 1.73 bits per heavy atom. The van der Waals surface area contributed by atoms with Crippen LogP contribution in [0.1, 0.15) is 130 Å². The summed E-state index contributed by atoms with van der Waals surface area (Å²) in [6.45, 7) is 26.5. The molecule has 4 aliphatic rings. The van der Waals surface area contributed by atoms with E-state index in [1.807, 2.05) is 0 Å². The van der Waals surface area contributed by atoms with Gasteiger partial charge in [0.15, 0.2) is 0 Å². The zero-order valence-electron chi connectivity index (χ0n) is 45.5. The zero-order valence-corrected chi connectivity index (χ0v) is 45.5. The maximum absolute atomic E-state index is 7.45. The fraction of sp³-hybridized carbons (Fsp3) is 0.286. The topological polar surface area (TPSA) is 34.5 Å². The van der Waals surface area contributed by atoms with Crippen molar-refractivity contribution in [2.24, 2.45) is 0 Å². The fourth-order valence-corrected chi connectivity index (χ4v) is 14.6. The molecule has 11 aromatic rings. The number of aromatic nitrogens is 1. The van der Waals surface area contributed by atoms with Gasteiger partial charge in [0, 0.05) is 55.3 Å². The molecule has 0 saturated carbocycles. The van der Waals surface area contributed by atoms with E-state index in [1.54, 1.807) is 0 Å². The van der Waals surface area contributed by atoms with Gasteiger partial charge in [0.05, 0.1) is 16.4 Å². The highest BCUT2D eigenvalue weighted by atomic mass is 16.3. The second-order valence-corrected chi connectivity index (χ2v) is 26.5. The normalized spacial score (nSPS) is 17.7. The minimum Gasteiger partial charge on any atom is -0.455 e. The van der Waals surface area contributed by atoms with Gasteiger partial charge in [-0.1, -0.05) is 167 Å². The van der Waals surface area contributed by atoms with E-state index in [9.17, 15) is 0 Å². The third kappa shape index (κ3) is 6.13. The van der Waals surface area contributed by atoms with Crippen molar-refractivity contribution >= 4 is 83.9 Å². The van der Waals surface area contributed by atoms with E-state index in [0.29, 0.717) is 0 Å². The Labute approximate surface area is 441 Å². The van der Waals surface area contributed by atoms with Gasteiger partial charge in [-0.15, -0.1) is 0 Å². The molecule has 15 rings (SSSR count). The van der Waals surface area contributed by atoms with Gasteiger partial charge in [-0.2, -0.15) is 0 Å². The summed E-state index contributed by atoms with van der Waals surface area (Å²) in [6.07, 6.45) is 4.54. The van der Waals surface area contributed by atoms with Crippen LogP contribution in [-0.4, -0.2) is 11.4 Å². The molecule has 0 unspecified atom stereocenters. The highest BCUT2D eigenvalue weighted by molar-refractivity contribution is 6.94. The molecule has 0 spiro atoms. The average Bonchev–Trinajstić information content (AvgIpc) is 4.31. The van der Waals surface area contributed by atoms with Gasteiger partial charge in [0.1, 0.15) is 22.5 Å². The molecule has 2 aliphatic heterocycles. The van der Waals surface area contributed by atoms with Gasteiger partial charge >= 0.3 is 6.85 Å². The lowest BCUT2D eigenvalue weighted by molar-refractivity contribution is 0.332. The maximum Gasteiger partial charge on any atom is 0.333 e. The molecule has 0 N–H and O–H groups in total. The minimum absolute atomic E-state index is 0.00178. The van der Waals surface area contributed by atoms with Crippen LogP contribution in [0.4, 0.5) is 11.4 Å². The number of para-hydroxylation sites is 1. The van der Waals surface area contributed by atoms with Crippen molar-refractivity contribution in [1.82, 2.24) is 4.57 Å². The number of fused-ring (bicyclic) bond motifs is 16. The van der Waals surface area contributed by atoms with Crippen molar-refractivity contribution < 1.29 is 8.83 Å². The van der Waals surface area contributed by atoms with Crippen LogP contribution in [0.5, 0.6) is 0 Å². The summed E-state index contributed by atoms with van der Waals surface area (Å²) in [5, 5.41) is 5.95. The predicted molar refractivity (Wildman–Crippen MR) is 317 cm³/mol. The summed E-state index contributed by atoms with van der Waals surface area (Å²) in [5.41, 5.74) is 24.5. The first-order valence-electron chi connectivity index (χ1n) is 27.6. The van der Waals surface area contributed by atoms with E-state index in [0.717, 1.165) is 70.3 Å². The molecule has 2 aliphatic carbocycles. The van der Waals surface area contributed by atoms with E-state index in [4.69, 9.17) is 8.83 Å². The number of hydrogen-bond acceptors (Lipinski definition) is 3. The van der Waals surface area contributed by atoms with Crippen molar-refractivity contribution in [3.05, 3.63) is 173 Å². The smallest absolute Gasteiger partial charge is 0.333 e. The summed E-state index contributed by atoms with van der Waals surface area (Å²) in [6, 6.07) is 55.4. The van der Waals surface area contributed by atoms with Crippen LogP contribution < -0.4 is 15.7 Å². The van der Waals surface area contributed by atoms with Crippen LogP contribution >= 0.6 is 0 Å². The maximum atomic E-state index is 7.45. The SMILES string of the molecule is CC(C)(C)c1ccc(N2B3c4cc5oc(-c6ccccc6)c(-c6ccccc6)c5cc4-n4c5cc6c(cc5c5c7oc8ccccc8c7c(c3c54)-c3cc4c(cc32)C(C)(C)CCC4(C)C)C(C)(C)CCC6(C)C)cc1. The molecular weight excluding hydrogens is 912 g/mol. The van der Waals surface area contributed by atoms with Crippen molar-refractivity contribution in [2.75, 3.05) is 4.81 Å². The van der Waals surface area contributed by atoms with Gasteiger partial charge in [-0.3, -0.25) is 0 Å². The average molecular weight is 977 g/mol. The summed E-state index contributed by atoms with van der Waals surface area (Å²) >= 11 is 0. The van der Waals surface area contributed by atoms with Crippen molar-refractivity contribution in [1.29, 1.82) is 0 Å². The van der Waals surface area contributed by atoms with Crippen LogP contribution in [-0.2, 0) is 27.1 Å². The van der Waals surface area contributed by atoms with Gasteiger partial charge < -0.3 is 18.2 Å². The van der Waals surface area contributed by atoms with Crippen LogP contribution in [0.15, 0.2) is 154 Å². The molecular formula is C70H65BN2O2. The van der Waals surface area contributed by atoms with Gasteiger partial charge in [-0.25, -0.2) is 0 Å². The molecule has 0 radical (unpaired) electrons. The number of anilines is 2. The van der Waals surface area contributed by atoms with Crippen LogP contribution in [0, 0.1) is 0 Å². The first-order chi connectivity index (χ1) is 35.8. The molecule has 0 amide bonds. The Hall–Kier alpha value is -7.24. The second-order valence-electron chi connectivity index (χ2n) is 26.5. The monoisotopic (exact) mass is 977 g/mol. The van der Waals surface area contributed by atoms with Crippen molar-refractivity contribution in [2.45, 2.75) is 129 Å². The Kier molecular flexibility index (Phi) is 8.91. The summed E-state index contributed by atoms with van der Waals surface area (Å²) in [7, 11) is 0. The number of benzene rings is 8. The van der Waals surface area contributed by atoms with E-state index < -0.39 is 0 Å². The zero-order chi connectivity index (χ0) is 51.5. The Balaban J connectivity index is 1.19. The largest absolute Gasteiger partial charge is 0.455 e. The Bertz CT molecular complexity index is 4270. The van der Waals surface area contributed by atoms with E-state index in [2.05, 4.69) is 231 Å². The Morgan fingerprint density at radius 2 is 1.08 bits per heavy atom. The molecule has 0 saturated heterocycles. The number of rotatable bonds is 3. The third-order valence-electron chi connectivity index (χ3n) is 19.0. The molecule has 370 valence electrons. The van der Waals surface area contributed by atoms with Crippen LogP contribution in [0.2, 0.25) is 0 Å². The summed E-state index contributed by atoms with van der Waals surface area (Å²) < 4.78 is 17.5. The quantitative estimate of drug-likeness (QED) is 0.166. The molecule has 0 fully saturated rings. The number of furan rings is 2. The van der Waals surface area contributed by atoms with E-state index >= 15 is 0 Å². The lowest BCUT2D eigenvalue weighted by Gasteiger charge is -2.46. The minimum atomic E-state index is -0.226. The molecule has 0 atom stereocenters. The first kappa shape index (κ1) is 45.2. The molecule has 4 nitrogen and oxygen atoms in total. The molecule has 75 heavy (non-hydrogen) atoms. The molecule has 8 aromatic carbocycles. The number of nitrogens with zero attached hydrogens (tertiary/aromatic N) is 2. The summed E-state index contributed by atoms with van der Waals surface area (Å²) in [4.78, 5) is 2.73. The molecule has 3 aromatic heterocycles. The predicted octanol–water partition coefficient (Wildman–Crippen LogP) is 18.0. The molecule has 5 heterocycles. The van der Waals surface area contributed by atoms with Crippen LogP contribution in [0.3, 0.4) is 0 Å². The highest BCUT2D eigenvalue weighted by Crippen LogP contribution is 2.57.